The molecule has 1 aliphatic carbocycles. The van der Waals surface area contributed by atoms with Crippen LogP contribution in [0.5, 0.6) is 0 Å². The first-order valence-electron chi connectivity index (χ1n) is 7.19. The van der Waals surface area contributed by atoms with E-state index in [9.17, 15) is 0 Å². The monoisotopic (exact) mass is 280 g/mol. The first-order chi connectivity index (χ1) is 8.84. The third-order valence-electron chi connectivity index (χ3n) is 4.79. The molecule has 2 N–H and O–H groups in total. The van der Waals surface area contributed by atoms with Crippen molar-refractivity contribution >= 4 is 17.4 Å². The Hall–Kier alpha value is -0.760. The number of nitrogens with two attached hydrogens (primary N) is 1. The van der Waals surface area contributed by atoms with Crippen LogP contribution in [0.3, 0.4) is 0 Å². The summed E-state index contributed by atoms with van der Waals surface area (Å²) in [7, 11) is 0. The molecule has 0 saturated heterocycles. The number of hydrogen-bond acceptors (Lipinski definition) is 2. The second-order valence-electron chi connectivity index (χ2n) is 6.65. The Bertz CT molecular complexity index is 436. The molecule has 1 heterocycles. The Kier molecular flexibility index (Phi) is 4.10. The van der Waals surface area contributed by atoms with E-state index in [0.29, 0.717) is 11.7 Å². The smallest absolute Gasteiger partial charge is 0.127 e. The number of pyridine rings is 1. The molecule has 19 heavy (non-hydrogen) atoms. The van der Waals surface area contributed by atoms with Crippen LogP contribution in [0.2, 0.25) is 0 Å². The van der Waals surface area contributed by atoms with Crippen molar-refractivity contribution in [2.24, 2.45) is 11.8 Å². The standard InChI is InChI=1S/C16H25ClN2/c1-10-5-6-12(13(17)9-10)16(3,4)14-11(2)7-8-19-15(14)18/h7-8,10,12-13H,5-6,9H2,1-4H3,(H2,18,19). The summed E-state index contributed by atoms with van der Waals surface area (Å²) >= 11 is 6.66. The quantitative estimate of drug-likeness (QED) is 0.821. The van der Waals surface area contributed by atoms with Gasteiger partial charge in [0.05, 0.1) is 0 Å². The summed E-state index contributed by atoms with van der Waals surface area (Å²) in [5, 5.41) is 0.234. The average Bonchev–Trinajstić information content (AvgIpc) is 2.27. The molecular weight excluding hydrogens is 256 g/mol. The van der Waals surface area contributed by atoms with Crippen molar-refractivity contribution in [3.8, 4) is 0 Å². The molecule has 1 aromatic heterocycles. The highest BCUT2D eigenvalue weighted by Gasteiger charge is 2.40. The summed E-state index contributed by atoms with van der Waals surface area (Å²) in [6, 6.07) is 2.04. The lowest BCUT2D eigenvalue weighted by atomic mass is 9.65. The number of nitrogens with zero attached hydrogens (tertiary/aromatic N) is 1. The maximum atomic E-state index is 6.66. The lowest BCUT2D eigenvalue weighted by molar-refractivity contribution is 0.207. The molecule has 0 aromatic carbocycles. The van der Waals surface area contributed by atoms with Gasteiger partial charge in [-0.15, -0.1) is 11.6 Å². The molecule has 3 heteroatoms. The second-order valence-corrected chi connectivity index (χ2v) is 7.21. The van der Waals surface area contributed by atoms with Crippen molar-refractivity contribution in [3.63, 3.8) is 0 Å². The molecule has 1 saturated carbocycles. The maximum Gasteiger partial charge on any atom is 0.127 e. The summed E-state index contributed by atoms with van der Waals surface area (Å²) in [5.41, 5.74) is 8.52. The van der Waals surface area contributed by atoms with Crippen LogP contribution in [0.15, 0.2) is 12.3 Å². The summed E-state index contributed by atoms with van der Waals surface area (Å²) in [6.45, 7) is 8.94. The van der Waals surface area contributed by atoms with E-state index in [1.807, 2.05) is 6.07 Å². The van der Waals surface area contributed by atoms with Gasteiger partial charge in [0.25, 0.3) is 0 Å². The molecule has 1 aromatic rings. The Morgan fingerprint density at radius 3 is 2.63 bits per heavy atom. The second kappa shape index (κ2) is 5.32. The molecule has 3 atom stereocenters. The minimum atomic E-state index is -0.0189. The van der Waals surface area contributed by atoms with Crippen LogP contribution in [0.1, 0.15) is 51.2 Å². The van der Waals surface area contributed by atoms with Crippen LogP contribution in [-0.4, -0.2) is 10.4 Å². The SMILES string of the molecule is Cc1ccnc(N)c1C(C)(C)C1CCC(C)CC1Cl. The Morgan fingerprint density at radius 1 is 1.37 bits per heavy atom. The third-order valence-corrected chi connectivity index (χ3v) is 5.28. The number of nitrogen functional groups attached to an aromatic ring is 1. The molecule has 0 spiro atoms. The predicted octanol–water partition coefficient (Wildman–Crippen LogP) is 4.29. The summed E-state index contributed by atoms with van der Waals surface area (Å²) in [6.07, 6.45) is 5.33. The predicted molar refractivity (Wildman–Crippen MR) is 82.6 cm³/mol. The highest BCUT2D eigenvalue weighted by molar-refractivity contribution is 6.20. The number of rotatable bonds is 2. The average molecular weight is 281 g/mol. The number of halogens is 1. The number of anilines is 1. The van der Waals surface area contributed by atoms with Crippen LogP contribution in [0, 0.1) is 18.8 Å². The van der Waals surface area contributed by atoms with Gasteiger partial charge < -0.3 is 5.73 Å². The van der Waals surface area contributed by atoms with E-state index in [2.05, 4.69) is 32.7 Å². The molecule has 106 valence electrons. The van der Waals surface area contributed by atoms with Crippen molar-refractivity contribution in [1.29, 1.82) is 0 Å². The number of aryl methyl sites for hydroxylation is 1. The van der Waals surface area contributed by atoms with Crippen molar-refractivity contribution < 1.29 is 0 Å². The Balaban J connectivity index is 2.36. The van der Waals surface area contributed by atoms with Gasteiger partial charge in [-0.1, -0.05) is 27.2 Å². The van der Waals surface area contributed by atoms with Crippen LogP contribution in [0.25, 0.3) is 0 Å². The highest BCUT2D eigenvalue weighted by atomic mass is 35.5. The lowest BCUT2D eigenvalue weighted by Gasteiger charge is -2.43. The van der Waals surface area contributed by atoms with Crippen molar-refractivity contribution in [1.82, 2.24) is 4.98 Å². The van der Waals surface area contributed by atoms with E-state index in [4.69, 9.17) is 17.3 Å². The third kappa shape index (κ3) is 2.74. The van der Waals surface area contributed by atoms with Gasteiger partial charge >= 0.3 is 0 Å². The molecular formula is C16H25ClN2. The van der Waals surface area contributed by atoms with Crippen LogP contribution < -0.4 is 5.73 Å². The van der Waals surface area contributed by atoms with E-state index >= 15 is 0 Å². The normalized spacial score (nSPS) is 28.4. The van der Waals surface area contributed by atoms with Gasteiger partial charge in [0.2, 0.25) is 0 Å². The molecule has 2 rings (SSSR count). The maximum absolute atomic E-state index is 6.66. The van der Waals surface area contributed by atoms with E-state index in [1.165, 1.54) is 24.0 Å². The summed E-state index contributed by atoms with van der Waals surface area (Å²) < 4.78 is 0. The van der Waals surface area contributed by atoms with Gasteiger partial charge in [-0.05, 0) is 48.6 Å². The fourth-order valence-corrected chi connectivity index (χ4v) is 4.47. The van der Waals surface area contributed by atoms with Crippen molar-refractivity contribution in [3.05, 3.63) is 23.4 Å². The minimum Gasteiger partial charge on any atom is -0.383 e. The number of hydrogen-bond donors (Lipinski definition) is 1. The minimum absolute atomic E-state index is 0.0189. The van der Waals surface area contributed by atoms with Gasteiger partial charge in [0.15, 0.2) is 0 Å². The van der Waals surface area contributed by atoms with Gasteiger partial charge in [-0.3, -0.25) is 0 Å². The van der Waals surface area contributed by atoms with Gasteiger partial charge in [-0.25, -0.2) is 4.98 Å². The van der Waals surface area contributed by atoms with Gasteiger partial charge in [-0.2, -0.15) is 0 Å². The van der Waals surface area contributed by atoms with Crippen LogP contribution in [0.4, 0.5) is 5.82 Å². The van der Waals surface area contributed by atoms with Crippen LogP contribution >= 0.6 is 11.6 Å². The summed E-state index contributed by atoms with van der Waals surface area (Å²) in [4.78, 5) is 4.28. The number of alkyl halides is 1. The van der Waals surface area contributed by atoms with E-state index in [1.54, 1.807) is 6.20 Å². The largest absolute Gasteiger partial charge is 0.383 e. The van der Waals surface area contributed by atoms with Crippen molar-refractivity contribution in [2.75, 3.05) is 5.73 Å². The molecule has 0 bridgehead atoms. The molecule has 3 unspecified atom stereocenters. The zero-order valence-electron chi connectivity index (χ0n) is 12.4. The highest BCUT2D eigenvalue weighted by Crippen LogP contribution is 2.46. The fourth-order valence-electron chi connectivity index (χ4n) is 3.73. The van der Waals surface area contributed by atoms with Gasteiger partial charge in [0.1, 0.15) is 5.82 Å². The zero-order chi connectivity index (χ0) is 14.2. The molecule has 0 aliphatic heterocycles. The molecule has 0 radical (unpaired) electrons. The molecule has 0 amide bonds. The van der Waals surface area contributed by atoms with E-state index in [-0.39, 0.29) is 10.8 Å². The first-order valence-corrected chi connectivity index (χ1v) is 7.63. The first kappa shape index (κ1) is 14.6. The van der Waals surface area contributed by atoms with E-state index < -0.39 is 0 Å². The Labute approximate surface area is 121 Å². The van der Waals surface area contributed by atoms with Gasteiger partial charge in [0, 0.05) is 17.1 Å². The molecule has 1 aliphatic rings. The molecule has 1 fully saturated rings. The number of aromatic nitrogens is 1. The Morgan fingerprint density at radius 2 is 2.05 bits per heavy atom. The molecule has 2 nitrogen and oxygen atoms in total. The topological polar surface area (TPSA) is 38.9 Å². The fraction of sp³-hybridized carbons (Fsp3) is 0.688. The lowest BCUT2D eigenvalue weighted by Crippen LogP contribution is -2.39. The van der Waals surface area contributed by atoms with Crippen LogP contribution in [-0.2, 0) is 5.41 Å². The summed E-state index contributed by atoms with van der Waals surface area (Å²) in [5.74, 6) is 1.87. The van der Waals surface area contributed by atoms with Crippen molar-refractivity contribution in [2.45, 2.75) is 57.7 Å². The zero-order valence-corrected chi connectivity index (χ0v) is 13.2. The van der Waals surface area contributed by atoms with E-state index in [0.717, 1.165) is 12.3 Å².